The number of carbonyl (C=O) groups excluding carboxylic acids is 1. The lowest BCUT2D eigenvalue weighted by Crippen LogP contribution is -2.39. The van der Waals surface area contributed by atoms with Crippen LogP contribution in [0.1, 0.15) is 13.3 Å². The maximum absolute atomic E-state index is 10.9. The second kappa shape index (κ2) is 5.56. The van der Waals surface area contributed by atoms with Crippen LogP contribution in [0.25, 0.3) is 0 Å². The molecule has 0 aromatic carbocycles. The van der Waals surface area contributed by atoms with Crippen LogP contribution in [0.2, 0.25) is 0 Å². The molecule has 0 aliphatic heterocycles. The Kier molecular flexibility index (Phi) is 5.06. The van der Waals surface area contributed by atoms with Crippen molar-refractivity contribution in [1.29, 1.82) is 5.26 Å². The van der Waals surface area contributed by atoms with E-state index in [9.17, 15) is 4.79 Å². The van der Waals surface area contributed by atoms with Gasteiger partial charge in [0.1, 0.15) is 6.42 Å². The molecule has 0 radical (unpaired) electrons. The predicted octanol–water partition coefficient (Wildman–Crippen LogP) is -0.0336. The Hall–Kier alpha value is -1.08. The highest BCUT2D eigenvalue weighted by molar-refractivity contribution is 5.78. The minimum atomic E-state index is -0.202. The molecule has 4 nitrogen and oxygen atoms in total. The molecule has 12 heavy (non-hydrogen) atoms. The fourth-order valence-corrected chi connectivity index (χ4v) is 0.991. The van der Waals surface area contributed by atoms with E-state index in [1.165, 1.54) is 0 Å². The third kappa shape index (κ3) is 5.69. The zero-order chi connectivity index (χ0) is 9.56. The third-order valence-electron chi connectivity index (χ3n) is 1.29. The highest BCUT2D eigenvalue weighted by atomic mass is 16.1. The van der Waals surface area contributed by atoms with Crippen molar-refractivity contribution in [2.75, 3.05) is 20.6 Å². The number of amides is 1. The van der Waals surface area contributed by atoms with Gasteiger partial charge < -0.3 is 10.2 Å². The van der Waals surface area contributed by atoms with E-state index >= 15 is 0 Å². The molecule has 0 aromatic rings. The smallest absolute Gasteiger partial charge is 0.234 e. The second-order valence-corrected chi connectivity index (χ2v) is 3.07. The van der Waals surface area contributed by atoms with Gasteiger partial charge in [-0.05, 0) is 21.0 Å². The Morgan fingerprint density at radius 3 is 2.67 bits per heavy atom. The van der Waals surface area contributed by atoms with E-state index in [1.54, 1.807) is 6.07 Å². The molecule has 0 aliphatic carbocycles. The van der Waals surface area contributed by atoms with Gasteiger partial charge in [0.05, 0.1) is 6.07 Å². The maximum Gasteiger partial charge on any atom is 0.234 e. The van der Waals surface area contributed by atoms with E-state index in [0.29, 0.717) is 0 Å². The number of likely N-dealkylation sites (N-methyl/N-ethyl adjacent to an activating group) is 1. The van der Waals surface area contributed by atoms with Gasteiger partial charge in [0, 0.05) is 12.6 Å². The van der Waals surface area contributed by atoms with Gasteiger partial charge in [-0.15, -0.1) is 0 Å². The molecular weight excluding hydrogens is 154 g/mol. The number of nitrogens with zero attached hydrogens (tertiary/aromatic N) is 2. The number of hydrogen-bond donors (Lipinski definition) is 1. The van der Waals surface area contributed by atoms with Crippen LogP contribution in [0.15, 0.2) is 0 Å². The SMILES string of the molecule is CC(CN(C)C)NC(=O)CC#N. The lowest BCUT2D eigenvalue weighted by atomic mass is 10.3. The van der Waals surface area contributed by atoms with Crippen molar-refractivity contribution in [2.45, 2.75) is 19.4 Å². The predicted molar refractivity (Wildman–Crippen MR) is 46.4 cm³/mol. The van der Waals surface area contributed by atoms with Crippen molar-refractivity contribution in [3.63, 3.8) is 0 Å². The van der Waals surface area contributed by atoms with Gasteiger partial charge in [-0.3, -0.25) is 4.79 Å². The summed E-state index contributed by atoms with van der Waals surface area (Å²) >= 11 is 0. The molecule has 0 fully saturated rings. The summed E-state index contributed by atoms with van der Waals surface area (Å²) in [6.45, 7) is 2.70. The van der Waals surface area contributed by atoms with Gasteiger partial charge in [0.15, 0.2) is 0 Å². The molecule has 0 saturated heterocycles. The summed E-state index contributed by atoms with van der Waals surface area (Å²) in [6.07, 6.45) is -0.0578. The van der Waals surface area contributed by atoms with Crippen LogP contribution < -0.4 is 5.32 Å². The van der Waals surface area contributed by atoms with Crippen LogP contribution in [0, 0.1) is 11.3 Å². The first-order valence-corrected chi connectivity index (χ1v) is 3.87. The fourth-order valence-electron chi connectivity index (χ4n) is 0.991. The highest BCUT2D eigenvalue weighted by Gasteiger charge is 2.06. The fraction of sp³-hybridized carbons (Fsp3) is 0.750. The lowest BCUT2D eigenvalue weighted by Gasteiger charge is -2.17. The molecule has 0 heterocycles. The molecule has 0 aliphatic rings. The molecule has 1 N–H and O–H groups in total. The summed E-state index contributed by atoms with van der Waals surface area (Å²) in [5.41, 5.74) is 0. The molecule has 0 aromatic heterocycles. The maximum atomic E-state index is 10.9. The van der Waals surface area contributed by atoms with Crippen LogP contribution in [0.4, 0.5) is 0 Å². The number of hydrogen-bond acceptors (Lipinski definition) is 3. The zero-order valence-electron chi connectivity index (χ0n) is 7.79. The summed E-state index contributed by atoms with van der Waals surface area (Å²) in [7, 11) is 3.87. The average Bonchev–Trinajstić information content (AvgIpc) is 1.84. The first-order chi connectivity index (χ1) is 5.56. The Bertz CT molecular complexity index is 183. The van der Waals surface area contributed by atoms with Crippen LogP contribution in [-0.4, -0.2) is 37.5 Å². The van der Waals surface area contributed by atoms with E-state index in [4.69, 9.17) is 5.26 Å². The van der Waals surface area contributed by atoms with Crippen LogP contribution in [0.5, 0.6) is 0 Å². The Balaban J connectivity index is 3.63. The Labute approximate surface area is 73.2 Å². The van der Waals surface area contributed by atoms with Gasteiger partial charge in [-0.25, -0.2) is 0 Å². The van der Waals surface area contributed by atoms with Crippen molar-refractivity contribution in [3.8, 4) is 6.07 Å². The zero-order valence-corrected chi connectivity index (χ0v) is 7.79. The summed E-state index contributed by atoms with van der Waals surface area (Å²) < 4.78 is 0. The Morgan fingerprint density at radius 2 is 2.25 bits per heavy atom. The molecule has 1 atom stereocenters. The van der Waals surface area contributed by atoms with Gasteiger partial charge in [-0.1, -0.05) is 0 Å². The van der Waals surface area contributed by atoms with Crippen molar-refractivity contribution in [2.24, 2.45) is 0 Å². The van der Waals surface area contributed by atoms with E-state index < -0.39 is 0 Å². The standard InChI is InChI=1S/C8H15N3O/c1-7(6-11(2)3)10-8(12)4-5-9/h7H,4,6H2,1-3H3,(H,10,12). The normalized spacial score (nSPS) is 12.2. The van der Waals surface area contributed by atoms with Crippen LogP contribution >= 0.6 is 0 Å². The average molecular weight is 169 g/mol. The summed E-state index contributed by atoms with van der Waals surface area (Å²) in [5, 5.41) is 10.9. The summed E-state index contributed by atoms with van der Waals surface area (Å²) in [5.74, 6) is -0.202. The summed E-state index contributed by atoms with van der Waals surface area (Å²) in [6, 6.07) is 1.90. The van der Waals surface area contributed by atoms with E-state index in [1.807, 2.05) is 25.9 Å². The molecular formula is C8H15N3O. The number of nitrogens with one attached hydrogen (secondary N) is 1. The van der Waals surface area contributed by atoms with Crippen molar-refractivity contribution in [3.05, 3.63) is 0 Å². The quantitative estimate of drug-likeness (QED) is 0.642. The topological polar surface area (TPSA) is 56.1 Å². The van der Waals surface area contributed by atoms with Crippen molar-refractivity contribution in [1.82, 2.24) is 10.2 Å². The largest absolute Gasteiger partial charge is 0.351 e. The number of carbonyl (C=O) groups is 1. The van der Waals surface area contributed by atoms with Gasteiger partial charge in [0.2, 0.25) is 5.91 Å². The second-order valence-electron chi connectivity index (χ2n) is 3.07. The van der Waals surface area contributed by atoms with Crippen LogP contribution in [0.3, 0.4) is 0 Å². The molecule has 68 valence electrons. The van der Waals surface area contributed by atoms with Gasteiger partial charge >= 0.3 is 0 Å². The third-order valence-corrected chi connectivity index (χ3v) is 1.29. The highest BCUT2D eigenvalue weighted by Crippen LogP contribution is 1.86. The Morgan fingerprint density at radius 1 is 1.67 bits per heavy atom. The minimum absolute atomic E-state index is 0.0578. The molecule has 4 heteroatoms. The van der Waals surface area contributed by atoms with E-state index in [2.05, 4.69) is 5.32 Å². The molecule has 0 rings (SSSR count). The molecule has 0 bridgehead atoms. The molecule has 0 saturated carbocycles. The van der Waals surface area contributed by atoms with Gasteiger partial charge in [0.25, 0.3) is 0 Å². The summed E-state index contributed by atoms with van der Waals surface area (Å²) in [4.78, 5) is 12.9. The number of nitriles is 1. The molecule has 0 spiro atoms. The lowest BCUT2D eigenvalue weighted by molar-refractivity contribution is -0.120. The first-order valence-electron chi connectivity index (χ1n) is 3.87. The number of rotatable bonds is 4. The first kappa shape index (κ1) is 10.9. The van der Waals surface area contributed by atoms with E-state index in [-0.39, 0.29) is 18.4 Å². The molecule has 1 unspecified atom stereocenters. The van der Waals surface area contributed by atoms with Gasteiger partial charge in [-0.2, -0.15) is 5.26 Å². The van der Waals surface area contributed by atoms with Crippen molar-refractivity contribution < 1.29 is 4.79 Å². The van der Waals surface area contributed by atoms with Crippen LogP contribution in [-0.2, 0) is 4.79 Å². The molecule has 1 amide bonds. The monoisotopic (exact) mass is 169 g/mol. The van der Waals surface area contributed by atoms with E-state index in [0.717, 1.165) is 6.54 Å². The minimum Gasteiger partial charge on any atom is -0.351 e. The van der Waals surface area contributed by atoms with Crippen molar-refractivity contribution >= 4 is 5.91 Å².